The molecular weight excluding hydrogens is 266 g/mol. The van der Waals surface area contributed by atoms with Gasteiger partial charge in [-0.05, 0) is 31.5 Å². The van der Waals surface area contributed by atoms with Gasteiger partial charge in [-0.3, -0.25) is 4.79 Å². The van der Waals surface area contributed by atoms with Crippen LogP contribution in [0.1, 0.15) is 19.4 Å². The molecule has 6 heteroatoms. The molecular formula is C13H17NO4S. The maximum atomic E-state index is 11.8. The Labute approximate surface area is 117 Å². The van der Waals surface area contributed by atoms with Crippen molar-refractivity contribution in [1.82, 2.24) is 5.32 Å². The first-order valence-electron chi connectivity index (χ1n) is 5.72. The molecule has 1 rings (SSSR count). The summed E-state index contributed by atoms with van der Waals surface area (Å²) in [6.45, 7) is 3.24. The van der Waals surface area contributed by atoms with Crippen LogP contribution in [0.4, 0.5) is 0 Å². The predicted molar refractivity (Wildman–Crippen MR) is 74.4 cm³/mol. The zero-order valence-corrected chi connectivity index (χ0v) is 11.6. The standard InChI is InChI=1S/C13H17NO4S/c1-13(2,19)11(12(17)18)14-10(16)7-8-3-5-9(15)6-4-8/h3-6,11,15,19H,7H2,1-2H3,(H,14,16)(H,17,18)/t11-/m0/s1. The van der Waals surface area contributed by atoms with Gasteiger partial charge in [0.2, 0.25) is 5.91 Å². The van der Waals surface area contributed by atoms with Crippen molar-refractivity contribution in [2.45, 2.75) is 31.1 Å². The molecule has 3 N–H and O–H groups in total. The summed E-state index contributed by atoms with van der Waals surface area (Å²) in [5.74, 6) is -1.41. The van der Waals surface area contributed by atoms with Gasteiger partial charge in [0.25, 0.3) is 0 Å². The number of phenolic OH excluding ortho intramolecular Hbond substituents is 1. The second-order valence-electron chi connectivity index (χ2n) is 4.84. The van der Waals surface area contributed by atoms with E-state index in [1.165, 1.54) is 12.1 Å². The van der Waals surface area contributed by atoms with E-state index in [1.54, 1.807) is 26.0 Å². The molecule has 5 nitrogen and oxygen atoms in total. The Morgan fingerprint density at radius 2 is 1.84 bits per heavy atom. The highest BCUT2D eigenvalue weighted by molar-refractivity contribution is 7.81. The summed E-state index contributed by atoms with van der Waals surface area (Å²) in [6, 6.07) is 5.09. The summed E-state index contributed by atoms with van der Waals surface area (Å²) in [5.41, 5.74) is 0.691. The summed E-state index contributed by atoms with van der Waals surface area (Å²) in [7, 11) is 0. The van der Waals surface area contributed by atoms with E-state index in [0.29, 0.717) is 5.56 Å². The molecule has 0 aliphatic carbocycles. The van der Waals surface area contributed by atoms with Gasteiger partial charge >= 0.3 is 5.97 Å². The monoisotopic (exact) mass is 283 g/mol. The van der Waals surface area contributed by atoms with E-state index in [0.717, 1.165) is 0 Å². The van der Waals surface area contributed by atoms with Gasteiger partial charge in [-0.15, -0.1) is 0 Å². The minimum atomic E-state index is -1.13. The van der Waals surface area contributed by atoms with Crippen LogP contribution in [0.2, 0.25) is 0 Å². The highest BCUT2D eigenvalue weighted by atomic mass is 32.1. The Bertz CT molecular complexity index is 465. The largest absolute Gasteiger partial charge is 0.508 e. The molecule has 0 saturated heterocycles. The van der Waals surface area contributed by atoms with Crippen LogP contribution in [0.5, 0.6) is 5.75 Å². The third kappa shape index (κ3) is 4.82. The number of phenols is 1. The van der Waals surface area contributed by atoms with Crippen LogP contribution in [0.15, 0.2) is 24.3 Å². The average Bonchev–Trinajstić information content (AvgIpc) is 2.27. The summed E-state index contributed by atoms with van der Waals surface area (Å²) >= 11 is 4.17. The van der Waals surface area contributed by atoms with Crippen molar-refractivity contribution in [3.63, 3.8) is 0 Å². The van der Waals surface area contributed by atoms with Gasteiger partial charge in [0.05, 0.1) is 6.42 Å². The lowest BCUT2D eigenvalue weighted by Crippen LogP contribution is -2.51. The fraction of sp³-hybridized carbons (Fsp3) is 0.385. The zero-order chi connectivity index (χ0) is 14.6. The van der Waals surface area contributed by atoms with Crippen molar-refractivity contribution in [2.75, 3.05) is 0 Å². The van der Waals surface area contributed by atoms with Crippen LogP contribution in [0.25, 0.3) is 0 Å². The first-order chi connectivity index (χ1) is 8.70. The molecule has 0 heterocycles. The maximum absolute atomic E-state index is 11.8. The number of carboxylic acid groups (broad SMARTS) is 1. The van der Waals surface area contributed by atoms with E-state index in [2.05, 4.69) is 17.9 Å². The topological polar surface area (TPSA) is 86.6 Å². The van der Waals surface area contributed by atoms with Crippen LogP contribution in [-0.2, 0) is 16.0 Å². The highest BCUT2D eigenvalue weighted by Gasteiger charge is 2.33. The Balaban J connectivity index is 2.68. The van der Waals surface area contributed by atoms with E-state index < -0.39 is 22.7 Å². The SMILES string of the molecule is CC(C)(S)[C@@H](NC(=O)Cc1ccc(O)cc1)C(=O)O. The van der Waals surface area contributed by atoms with Gasteiger partial charge in [0.1, 0.15) is 11.8 Å². The molecule has 104 valence electrons. The van der Waals surface area contributed by atoms with Gasteiger partial charge in [0, 0.05) is 4.75 Å². The number of carbonyl (C=O) groups is 2. The van der Waals surface area contributed by atoms with Crippen molar-refractivity contribution < 1.29 is 19.8 Å². The number of carboxylic acids is 1. The number of thiol groups is 1. The lowest BCUT2D eigenvalue weighted by Gasteiger charge is -2.26. The lowest BCUT2D eigenvalue weighted by atomic mass is 10.0. The number of nitrogens with one attached hydrogen (secondary N) is 1. The van der Waals surface area contributed by atoms with E-state index in [9.17, 15) is 9.59 Å². The van der Waals surface area contributed by atoms with Crippen LogP contribution in [0.3, 0.4) is 0 Å². The molecule has 1 aromatic rings. The van der Waals surface area contributed by atoms with Gasteiger partial charge < -0.3 is 15.5 Å². The summed E-state index contributed by atoms with van der Waals surface area (Å²) in [6.07, 6.45) is 0.0495. The first kappa shape index (κ1) is 15.4. The normalized spacial score (nSPS) is 12.8. The number of hydrogen-bond donors (Lipinski definition) is 4. The van der Waals surface area contributed by atoms with Crippen molar-refractivity contribution >= 4 is 24.5 Å². The molecule has 0 saturated carbocycles. The van der Waals surface area contributed by atoms with Gasteiger partial charge in [-0.2, -0.15) is 12.6 Å². The minimum absolute atomic E-state index is 0.0495. The summed E-state index contributed by atoms with van der Waals surface area (Å²) in [5, 5.41) is 20.6. The van der Waals surface area contributed by atoms with E-state index in [1.807, 2.05) is 0 Å². The Morgan fingerprint density at radius 3 is 2.26 bits per heavy atom. The molecule has 0 fully saturated rings. The number of rotatable bonds is 5. The average molecular weight is 283 g/mol. The Morgan fingerprint density at radius 1 is 1.32 bits per heavy atom. The molecule has 0 spiro atoms. The van der Waals surface area contributed by atoms with Crippen LogP contribution in [0, 0.1) is 0 Å². The van der Waals surface area contributed by atoms with Crippen LogP contribution < -0.4 is 5.32 Å². The third-order valence-electron chi connectivity index (χ3n) is 2.56. The molecule has 0 bridgehead atoms. The summed E-state index contributed by atoms with van der Waals surface area (Å²) in [4.78, 5) is 22.9. The van der Waals surface area contributed by atoms with E-state index in [4.69, 9.17) is 10.2 Å². The highest BCUT2D eigenvalue weighted by Crippen LogP contribution is 2.18. The number of carbonyl (C=O) groups excluding carboxylic acids is 1. The van der Waals surface area contributed by atoms with Gasteiger partial charge in [-0.1, -0.05) is 12.1 Å². The Hall–Kier alpha value is -1.69. The zero-order valence-electron chi connectivity index (χ0n) is 10.8. The molecule has 1 amide bonds. The van der Waals surface area contributed by atoms with Crippen molar-refractivity contribution in [1.29, 1.82) is 0 Å². The molecule has 0 aliphatic rings. The molecule has 1 aromatic carbocycles. The predicted octanol–water partition coefficient (Wildman–Crippen LogP) is 1.21. The lowest BCUT2D eigenvalue weighted by molar-refractivity contribution is -0.142. The van der Waals surface area contributed by atoms with E-state index >= 15 is 0 Å². The molecule has 1 atom stereocenters. The fourth-order valence-electron chi connectivity index (χ4n) is 1.55. The van der Waals surface area contributed by atoms with Gasteiger partial charge in [-0.25, -0.2) is 4.79 Å². The third-order valence-corrected chi connectivity index (χ3v) is 2.82. The second kappa shape index (κ2) is 5.97. The second-order valence-corrected chi connectivity index (χ2v) is 5.99. The smallest absolute Gasteiger partial charge is 0.327 e. The summed E-state index contributed by atoms with van der Waals surface area (Å²) < 4.78 is -0.865. The molecule has 0 aromatic heterocycles. The molecule has 0 radical (unpaired) electrons. The molecule has 19 heavy (non-hydrogen) atoms. The maximum Gasteiger partial charge on any atom is 0.327 e. The van der Waals surface area contributed by atoms with Crippen molar-refractivity contribution in [3.8, 4) is 5.75 Å². The first-order valence-corrected chi connectivity index (χ1v) is 6.17. The van der Waals surface area contributed by atoms with Gasteiger partial charge in [0.15, 0.2) is 0 Å². The number of benzene rings is 1. The fourth-order valence-corrected chi connectivity index (χ4v) is 1.73. The van der Waals surface area contributed by atoms with Crippen molar-refractivity contribution in [2.24, 2.45) is 0 Å². The Kier molecular flexibility index (Phi) is 4.83. The van der Waals surface area contributed by atoms with Crippen LogP contribution in [-0.4, -0.2) is 32.9 Å². The molecule has 0 aliphatic heterocycles. The number of amides is 1. The molecule has 0 unspecified atom stereocenters. The number of hydrogen-bond acceptors (Lipinski definition) is 4. The number of aromatic hydroxyl groups is 1. The quantitative estimate of drug-likeness (QED) is 0.612. The van der Waals surface area contributed by atoms with E-state index in [-0.39, 0.29) is 12.2 Å². The van der Waals surface area contributed by atoms with Crippen LogP contribution >= 0.6 is 12.6 Å². The number of aliphatic carboxylic acids is 1. The minimum Gasteiger partial charge on any atom is -0.508 e. The van der Waals surface area contributed by atoms with Crippen molar-refractivity contribution in [3.05, 3.63) is 29.8 Å².